The van der Waals surface area contributed by atoms with Crippen molar-refractivity contribution in [2.75, 3.05) is 0 Å². The van der Waals surface area contributed by atoms with Crippen LogP contribution in [-0.2, 0) is 0 Å². The molecule has 0 aliphatic carbocycles. The fraction of sp³-hybridized carbons (Fsp3) is 0.0526. The van der Waals surface area contributed by atoms with Gasteiger partial charge in [-0.2, -0.15) is 0 Å². The summed E-state index contributed by atoms with van der Waals surface area (Å²) in [6.07, 6.45) is 1.21. The van der Waals surface area contributed by atoms with E-state index in [1.807, 2.05) is 60.7 Å². The number of aromatic nitrogens is 1. The van der Waals surface area contributed by atoms with Crippen LogP contribution in [0.3, 0.4) is 0 Å². The number of carbonyl (C=O) groups is 1. The fourth-order valence-electron chi connectivity index (χ4n) is 2.50. The van der Waals surface area contributed by atoms with Crippen molar-refractivity contribution in [3.05, 3.63) is 100.0 Å². The van der Waals surface area contributed by atoms with Gasteiger partial charge in [0.2, 0.25) is 0 Å². The van der Waals surface area contributed by atoms with Gasteiger partial charge in [-0.1, -0.05) is 60.7 Å². The molecule has 0 unspecified atom stereocenters. The van der Waals surface area contributed by atoms with Crippen molar-refractivity contribution in [2.45, 2.75) is 6.04 Å². The number of aromatic hydroxyl groups is 1. The first-order chi connectivity index (χ1) is 11.6. The van der Waals surface area contributed by atoms with Gasteiger partial charge >= 0.3 is 0 Å². The molecular formula is C19H16N2O3. The van der Waals surface area contributed by atoms with E-state index in [9.17, 15) is 14.7 Å². The molecule has 5 nitrogen and oxygen atoms in total. The molecule has 0 aliphatic rings. The Morgan fingerprint density at radius 3 is 2.00 bits per heavy atom. The molecule has 1 amide bonds. The van der Waals surface area contributed by atoms with Crippen LogP contribution < -0.4 is 10.9 Å². The molecule has 0 bridgehead atoms. The van der Waals surface area contributed by atoms with Gasteiger partial charge in [0.25, 0.3) is 11.5 Å². The molecule has 0 spiro atoms. The Hall–Kier alpha value is -3.34. The number of hydrogen-bond acceptors (Lipinski definition) is 3. The van der Waals surface area contributed by atoms with Crippen molar-refractivity contribution >= 4 is 5.91 Å². The highest BCUT2D eigenvalue weighted by Gasteiger charge is 2.19. The monoisotopic (exact) mass is 320 g/mol. The van der Waals surface area contributed by atoms with Crippen LogP contribution >= 0.6 is 0 Å². The van der Waals surface area contributed by atoms with E-state index in [4.69, 9.17) is 0 Å². The first kappa shape index (κ1) is 15.6. The van der Waals surface area contributed by atoms with Crippen molar-refractivity contribution in [1.29, 1.82) is 0 Å². The standard InChI is InChI=1S/C19H16N2O3/c22-16-11-17(23)20-12-15(16)19(24)21-18(13-7-3-1-4-8-13)14-9-5-2-6-10-14/h1-12,18H,(H,21,24)(H2,20,22,23). The molecule has 1 aromatic heterocycles. The summed E-state index contributed by atoms with van der Waals surface area (Å²) in [5.74, 6) is -0.822. The van der Waals surface area contributed by atoms with Gasteiger partial charge in [0.05, 0.1) is 11.6 Å². The van der Waals surface area contributed by atoms with Gasteiger partial charge in [-0.3, -0.25) is 9.59 Å². The summed E-state index contributed by atoms with van der Waals surface area (Å²) in [5.41, 5.74) is 1.39. The van der Waals surface area contributed by atoms with E-state index >= 15 is 0 Å². The van der Waals surface area contributed by atoms with E-state index in [0.717, 1.165) is 17.2 Å². The van der Waals surface area contributed by atoms with E-state index in [1.165, 1.54) is 6.20 Å². The molecule has 120 valence electrons. The molecule has 0 saturated carbocycles. The number of aromatic amines is 1. The molecule has 0 aliphatic heterocycles. The first-order valence-corrected chi connectivity index (χ1v) is 7.47. The molecule has 0 atom stereocenters. The summed E-state index contributed by atoms with van der Waals surface area (Å²) in [6, 6.07) is 19.7. The lowest BCUT2D eigenvalue weighted by molar-refractivity contribution is 0.0940. The minimum atomic E-state index is -0.471. The highest BCUT2D eigenvalue weighted by molar-refractivity contribution is 5.96. The molecule has 1 heterocycles. The minimum Gasteiger partial charge on any atom is -0.507 e. The van der Waals surface area contributed by atoms with Gasteiger partial charge < -0.3 is 15.4 Å². The van der Waals surface area contributed by atoms with Crippen LogP contribution in [-0.4, -0.2) is 16.0 Å². The summed E-state index contributed by atoms with van der Waals surface area (Å²) >= 11 is 0. The van der Waals surface area contributed by atoms with Crippen molar-refractivity contribution in [2.24, 2.45) is 0 Å². The predicted molar refractivity (Wildman–Crippen MR) is 90.9 cm³/mol. The fourth-order valence-corrected chi connectivity index (χ4v) is 2.50. The van der Waals surface area contributed by atoms with Crippen LogP contribution in [0.15, 0.2) is 77.7 Å². The Balaban J connectivity index is 1.95. The average Bonchev–Trinajstić information content (AvgIpc) is 2.61. The normalized spacial score (nSPS) is 10.5. The molecular weight excluding hydrogens is 304 g/mol. The second-order valence-electron chi connectivity index (χ2n) is 5.32. The number of hydrogen-bond donors (Lipinski definition) is 3. The number of benzene rings is 2. The summed E-state index contributed by atoms with van der Waals surface area (Å²) in [5, 5.41) is 12.7. The summed E-state index contributed by atoms with van der Waals surface area (Å²) in [6.45, 7) is 0. The number of H-pyrrole nitrogens is 1. The second kappa shape index (κ2) is 6.83. The predicted octanol–water partition coefficient (Wildman–Crippen LogP) is 2.60. The van der Waals surface area contributed by atoms with Gasteiger partial charge in [-0.15, -0.1) is 0 Å². The molecule has 3 aromatic rings. The van der Waals surface area contributed by atoms with Gasteiger partial charge in [0.15, 0.2) is 0 Å². The Labute approximate surface area is 138 Å². The molecule has 0 saturated heterocycles. The van der Waals surface area contributed by atoms with Crippen LogP contribution in [0, 0.1) is 0 Å². The first-order valence-electron chi connectivity index (χ1n) is 7.47. The maximum absolute atomic E-state index is 12.5. The van der Waals surface area contributed by atoms with E-state index in [-0.39, 0.29) is 17.4 Å². The van der Waals surface area contributed by atoms with Gasteiger partial charge in [-0.25, -0.2) is 0 Å². The van der Waals surface area contributed by atoms with Crippen LogP contribution in [0.4, 0.5) is 0 Å². The SMILES string of the molecule is O=C(NC(c1ccccc1)c1ccccc1)c1c[nH]c(=O)cc1O. The number of pyridine rings is 1. The lowest BCUT2D eigenvalue weighted by Crippen LogP contribution is -2.29. The molecule has 2 aromatic carbocycles. The average molecular weight is 320 g/mol. The van der Waals surface area contributed by atoms with E-state index < -0.39 is 11.5 Å². The van der Waals surface area contributed by atoms with Crippen LogP contribution in [0.1, 0.15) is 27.5 Å². The van der Waals surface area contributed by atoms with Gasteiger partial charge in [-0.05, 0) is 11.1 Å². The third-order valence-electron chi connectivity index (χ3n) is 3.69. The molecule has 5 heteroatoms. The number of nitrogens with one attached hydrogen (secondary N) is 2. The van der Waals surface area contributed by atoms with E-state index in [0.29, 0.717) is 0 Å². The third kappa shape index (κ3) is 3.35. The zero-order valence-electron chi connectivity index (χ0n) is 12.8. The molecule has 3 N–H and O–H groups in total. The minimum absolute atomic E-state index is 0.0199. The quantitative estimate of drug-likeness (QED) is 0.691. The lowest BCUT2D eigenvalue weighted by Gasteiger charge is -2.20. The molecule has 0 fully saturated rings. The van der Waals surface area contributed by atoms with Crippen molar-refractivity contribution in [3.63, 3.8) is 0 Å². The highest BCUT2D eigenvalue weighted by Crippen LogP contribution is 2.23. The summed E-state index contributed by atoms with van der Waals surface area (Å²) in [7, 11) is 0. The Kier molecular flexibility index (Phi) is 4.43. The van der Waals surface area contributed by atoms with Crippen LogP contribution in [0.2, 0.25) is 0 Å². The molecule has 24 heavy (non-hydrogen) atoms. The Morgan fingerprint density at radius 1 is 0.958 bits per heavy atom. The largest absolute Gasteiger partial charge is 0.507 e. The summed E-state index contributed by atoms with van der Waals surface area (Å²) < 4.78 is 0. The maximum Gasteiger partial charge on any atom is 0.257 e. The van der Waals surface area contributed by atoms with Crippen molar-refractivity contribution in [1.82, 2.24) is 10.3 Å². The lowest BCUT2D eigenvalue weighted by atomic mass is 9.98. The van der Waals surface area contributed by atoms with Crippen molar-refractivity contribution in [3.8, 4) is 5.75 Å². The number of amides is 1. The Morgan fingerprint density at radius 2 is 1.50 bits per heavy atom. The topological polar surface area (TPSA) is 82.2 Å². The zero-order valence-corrected chi connectivity index (χ0v) is 12.8. The third-order valence-corrected chi connectivity index (χ3v) is 3.69. The zero-order chi connectivity index (χ0) is 16.9. The van der Waals surface area contributed by atoms with Gasteiger partial charge in [0, 0.05) is 12.3 Å². The number of rotatable bonds is 4. The molecule has 0 radical (unpaired) electrons. The maximum atomic E-state index is 12.5. The second-order valence-corrected chi connectivity index (χ2v) is 5.32. The van der Waals surface area contributed by atoms with E-state index in [2.05, 4.69) is 10.3 Å². The smallest absolute Gasteiger partial charge is 0.257 e. The Bertz CT molecular complexity index is 850. The van der Waals surface area contributed by atoms with Crippen LogP contribution in [0.25, 0.3) is 0 Å². The number of carbonyl (C=O) groups excluding carboxylic acids is 1. The summed E-state index contributed by atoms with van der Waals surface area (Å²) in [4.78, 5) is 26.1. The van der Waals surface area contributed by atoms with E-state index in [1.54, 1.807) is 0 Å². The van der Waals surface area contributed by atoms with Crippen molar-refractivity contribution < 1.29 is 9.90 Å². The van der Waals surface area contributed by atoms with Crippen LogP contribution in [0.5, 0.6) is 5.75 Å². The highest BCUT2D eigenvalue weighted by atomic mass is 16.3. The molecule has 3 rings (SSSR count). The van der Waals surface area contributed by atoms with Gasteiger partial charge in [0.1, 0.15) is 5.75 Å².